The minimum atomic E-state index is -1.75. The van der Waals surface area contributed by atoms with Crippen molar-refractivity contribution in [2.24, 2.45) is 22.7 Å². The van der Waals surface area contributed by atoms with Gasteiger partial charge in [-0.2, -0.15) is 0 Å². The minimum absolute atomic E-state index is 0.00549. The number of aliphatic hydroxyl groups excluding tert-OH is 1. The predicted molar refractivity (Wildman–Crippen MR) is 97.6 cm³/mol. The highest BCUT2D eigenvalue weighted by atomic mass is 35.5. The fourth-order valence-corrected chi connectivity index (χ4v) is 6.79. The summed E-state index contributed by atoms with van der Waals surface area (Å²) in [6, 6.07) is 0. The molecule has 0 aliphatic heterocycles. The maximum Gasteiger partial charge on any atom is 0.173 e. The van der Waals surface area contributed by atoms with Gasteiger partial charge < -0.3 is 5.11 Å². The van der Waals surface area contributed by atoms with Gasteiger partial charge in [0, 0.05) is 23.2 Å². The summed E-state index contributed by atoms with van der Waals surface area (Å²) in [6.45, 7) is 3.87. The zero-order chi connectivity index (χ0) is 18.9. The summed E-state index contributed by atoms with van der Waals surface area (Å²) < 4.78 is 16.7. The Morgan fingerprint density at radius 1 is 1.35 bits per heavy atom. The maximum absolute atomic E-state index is 16.7. The zero-order valence-corrected chi connectivity index (χ0v) is 16.1. The van der Waals surface area contributed by atoms with Gasteiger partial charge in [0.1, 0.15) is 5.67 Å². The van der Waals surface area contributed by atoms with Crippen LogP contribution in [-0.2, 0) is 9.59 Å². The van der Waals surface area contributed by atoms with Crippen molar-refractivity contribution in [3.05, 3.63) is 23.3 Å². The molecule has 0 aromatic heterocycles. The van der Waals surface area contributed by atoms with Crippen LogP contribution in [0.15, 0.2) is 23.3 Å². The number of carbonyl (C=O) groups excluding carboxylic acids is 2. The van der Waals surface area contributed by atoms with E-state index >= 15 is 4.39 Å². The lowest BCUT2D eigenvalue weighted by Crippen LogP contribution is -2.67. The second-order valence-corrected chi connectivity index (χ2v) is 9.30. The second kappa shape index (κ2) is 5.75. The largest absolute Gasteiger partial charge is 0.390 e. The molecule has 2 fully saturated rings. The maximum atomic E-state index is 16.7. The quantitative estimate of drug-likeness (QED) is 0.738. The van der Waals surface area contributed by atoms with Crippen LogP contribution in [0.5, 0.6) is 0 Å². The minimum Gasteiger partial charge on any atom is -0.390 e. The van der Waals surface area contributed by atoms with Gasteiger partial charge in [-0.3, -0.25) is 9.59 Å². The molecule has 26 heavy (non-hydrogen) atoms. The van der Waals surface area contributed by atoms with Crippen LogP contribution in [0.25, 0.3) is 0 Å². The molecule has 0 spiro atoms. The molecule has 142 valence electrons. The number of alkyl halides is 2. The average molecular weight is 381 g/mol. The predicted octanol–water partition coefficient (Wildman–Crippen LogP) is 3.93. The Balaban J connectivity index is 1.77. The molecular weight excluding hydrogens is 355 g/mol. The molecule has 0 aromatic rings. The summed E-state index contributed by atoms with van der Waals surface area (Å²) in [6.07, 6.45) is 5.37. The van der Waals surface area contributed by atoms with Crippen molar-refractivity contribution in [1.82, 2.24) is 0 Å². The van der Waals surface area contributed by atoms with E-state index in [0.717, 1.165) is 5.57 Å². The molecule has 2 saturated carbocycles. The highest BCUT2D eigenvalue weighted by molar-refractivity contribution is 6.30. The number of hydrogen-bond donors (Lipinski definition) is 1. The molecule has 0 aromatic carbocycles. The third kappa shape index (κ3) is 2.09. The van der Waals surface area contributed by atoms with Crippen molar-refractivity contribution in [2.75, 3.05) is 5.88 Å². The van der Waals surface area contributed by atoms with Crippen molar-refractivity contribution >= 4 is 23.2 Å². The van der Waals surface area contributed by atoms with Crippen molar-refractivity contribution in [1.29, 1.82) is 0 Å². The Morgan fingerprint density at radius 2 is 2.08 bits per heavy atom. The van der Waals surface area contributed by atoms with Crippen LogP contribution in [0, 0.1) is 22.7 Å². The van der Waals surface area contributed by atoms with E-state index in [4.69, 9.17) is 11.6 Å². The summed E-state index contributed by atoms with van der Waals surface area (Å²) in [5.41, 5.74) is -1.55. The molecule has 4 rings (SSSR count). The molecule has 1 N–H and O–H groups in total. The fraction of sp³-hybridized carbons (Fsp3) is 0.714. The molecule has 0 radical (unpaired) electrons. The molecule has 0 amide bonds. The highest BCUT2D eigenvalue weighted by Crippen LogP contribution is 2.68. The molecule has 6 atom stereocenters. The monoisotopic (exact) mass is 380 g/mol. The number of Topliss-reactive ketones (excluding diaryl/α,β-unsaturated/α-hetero) is 1. The van der Waals surface area contributed by atoms with Crippen molar-refractivity contribution in [3.63, 3.8) is 0 Å². The van der Waals surface area contributed by atoms with Crippen LogP contribution in [0.1, 0.15) is 52.4 Å². The lowest BCUT2D eigenvalue weighted by Gasteiger charge is -2.62. The third-order valence-corrected chi connectivity index (χ3v) is 8.29. The van der Waals surface area contributed by atoms with E-state index in [1.165, 1.54) is 0 Å². The lowest BCUT2D eigenvalue weighted by atomic mass is 9.44. The molecule has 0 unspecified atom stereocenters. The summed E-state index contributed by atoms with van der Waals surface area (Å²) in [7, 11) is 0. The van der Waals surface area contributed by atoms with Gasteiger partial charge in [0.05, 0.1) is 12.0 Å². The fourth-order valence-electron chi connectivity index (χ4n) is 6.65. The molecule has 4 aliphatic rings. The number of rotatable bonds is 2. The first kappa shape index (κ1) is 18.4. The standard InChI is InChI=1S/C21H26ClFO3/c1-19-10-18(26)21(23)15(14(19)5-6-16(19)17(25)11-22)4-3-12-9-13(24)7-8-20(12,21)2/h6,9,14-15,18,26H,3-5,7-8,10-11H2,1-2H3/t14-,15-,18-,19-,20-,21-/m0/s1. The number of fused-ring (bicyclic) bond motifs is 5. The van der Waals surface area contributed by atoms with Crippen LogP contribution in [0.3, 0.4) is 0 Å². The van der Waals surface area contributed by atoms with E-state index < -0.39 is 22.6 Å². The van der Waals surface area contributed by atoms with Gasteiger partial charge in [0.25, 0.3) is 0 Å². The number of aliphatic hydroxyl groups is 1. The summed E-state index contributed by atoms with van der Waals surface area (Å²) >= 11 is 5.79. The summed E-state index contributed by atoms with van der Waals surface area (Å²) in [4.78, 5) is 24.2. The molecule has 5 heteroatoms. The van der Waals surface area contributed by atoms with Crippen LogP contribution >= 0.6 is 11.6 Å². The van der Waals surface area contributed by atoms with Gasteiger partial charge in [-0.1, -0.05) is 25.5 Å². The lowest BCUT2D eigenvalue weighted by molar-refractivity contribution is -0.200. The first-order valence-corrected chi connectivity index (χ1v) is 10.1. The zero-order valence-electron chi connectivity index (χ0n) is 15.4. The number of allylic oxidation sites excluding steroid dienone is 4. The van der Waals surface area contributed by atoms with Gasteiger partial charge in [0.15, 0.2) is 11.6 Å². The smallest absolute Gasteiger partial charge is 0.173 e. The van der Waals surface area contributed by atoms with E-state index in [1.54, 1.807) is 6.08 Å². The first-order valence-electron chi connectivity index (χ1n) is 9.59. The topological polar surface area (TPSA) is 54.4 Å². The van der Waals surface area contributed by atoms with Crippen LogP contribution in [-0.4, -0.2) is 34.3 Å². The number of halogens is 2. The number of carbonyl (C=O) groups is 2. The normalized spacial score (nSPS) is 47.4. The van der Waals surface area contributed by atoms with E-state index in [0.29, 0.717) is 37.7 Å². The Kier molecular flexibility index (Phi) is 4.06. The Labute approximate surface area is 158 Å². The van der Waals surface area contributed by atoms with Crippen LogP contribution in [0.4, 0.5) is 4.39 Å². The number of hydrogen-bond acceptors (Lipinski definition) is 3. The van der Waals surface area contributed by atoms with E-state index in [2.05, 4.69) is 0 Å². The van der Waals surface area contributed by atoms with Crippen LogP contribution < -0.4 is 0 Å². The molecule has 0 bridgehead atoms. The Bertz CT molecular complexity index is 744. The Hall–Kier alpha value is -1.00. The van der Waals surface area contributed by atoms with E-state index in [9.17, 15) is 14.7 Å². The van der Waals surface area contributed by atoms with Crippen LogP contribution in [0.2, 0.25) is 0 Å². The summed E-state index contributed by atoms with van der Waals surface area (Å²) in [5, 5.41) is 11.1. The third-order valence-electron chi connectivity index (χ3n) is 8.04. The van der Waals surface area contributed by atoms with Crippen molar-refractivity contribution < 1.29 is 19.1 Å². The van der Waals surface area contributed by atoms with Gasteiger partial charge in [-0.25, -0.2) is 4.39 Å². The molecule has 0 heterocycles. The van der Waals surface area contributed by atoms with E-state index in [1.807, 2.05) is 19.9 Å². The van der Waals surface area contributed by atoms with Crippen molar-refractivity contribution in [3.8, 4) is 0 Å². The molecule has 3 nitrogen and oxygen atoms in total. The number of ketones is 2. The Morgan fingerprint density at radius 3 is 2.77 bits per heavy atom. The van der Waals surface area contributed by atoms with Crippen molar-refractivity contribution in [2.45, 2.75) is 64.1 Å². The molecular formula is C21H26ClFO3. The summed E-state index contributed by atoms with van der Waals surface area (Å²) in [5.74, 6) is -0.451. The molecule has 0 saturated heterocycles. The highest BCUT2D eigenvalue weighted by Gasteiger charge is 2.70. The van der Waals surface area contributed by atoms with Gasteiger partial charge in [-0.15, -0.1) is 11.6 Å². The van der Waals surface area contributed by atoms with E-state index in [-0.39, 0.29) is 35.7 Å². The van der Waals surface area contributed by atoms with Gasteiger partial charge >= 0.3 is 0 Å². The molecule has 4 aliphatic carbocycles. The van der Waals surface area contributed by atoms with Gasteiger partial charge in [-0.05, 0) is 49.7 Å². The van der Waals surface area contributed by atoms with Gasteiger partial charge in [0.2, 0.25) is 0 Å². The SMILES string of the molecule is C[C@]12CCC(=O)C=C1CC[C@H]1[C@@H]3CC=C(C(=O)CCl)[C@@]3(C)C[C@H](O)[C@@]12F. The average Bonchev–Trinajstić information content (AvgIpc) is 2.93. The first-order chi connectivity index (χ1) is 12.2. The second-order valence-electron chi connectivity index (χ2n) is 9.04.